The van der Waals surface area contributed by atoms with Gasteiger partial charge in [-0.2, -0.15) is 5.26 Å². The molecule has 0 heterocycles. The lowest BCUT2D eigenvalue weighted by Gasteiger charge is -2.19. The predicted molar refractivity (Wildman–Crippen MR) is 96.6 cm³/mol. The Morgan fingerprint density at radius 1 is 1.12 bits per heavy atom. The highest BCUT2D eigenvalue weighted by molar-refractivity contribution is 5.92. The number of ether oxygens (including phenoxy) is 2. The van der Waals surface area contributed by atoms with E-state index in [0.29, 0.717) is 16.8 Å². The van der Waals surface area contributed by atoms with Crippen LogP contribution in [-0.4, -0.2) is 17.7 Å². The molecule has 0 aliphatic carbocycles. The lowest BCUT2D eigenvalue weighted by molar-refractivity contribution is 0.0471. The van der Waals surface area contributed by atoms with Gasteiger partial charge in [-0.15, -0.1) is 0 Å². The normalized spacial score (nSPS) is 10.5. The van der Waals surface area contributed by atoms with Crippen LogP contribution >= 0.6 is 0 Å². The summed E-state index contributed by atoms with van der Waals surface area (Å²) in [5.41, 5.74) is 1.18. The summed E-state index contributed by atoms with van der Waals surface area (Å²) in [7, 11) is 0. The summed E-state index contributed by atoms with van der Waals surface area (Å²) < 4.78 is 10.4. The van der Waals surface area contributed by atoms with E-state index in [-0.39, 0.29) is 12.2 Å². The second-order valence-electron chi connectivity index (χ2n) is 6.55. The number of amides is 1. The average molecular weight is 352 g/mol. The molecule has 1 N–H and O–H groups in total. The van der Waals surface area contributed by atoms with Crippen molar-refractivity contribution >= 4 is 17.7 Å². The van der Waals surface area contributed by atoms with E-state index >= 15 is 0 Å². The molecule has 0 aliphatic rings. The molecule has 6 heteroatoms. The number of carbonyl (C=O) groups excluding carboxylic acids is 2. The zero-order valence-electron chi connectivity index (χ0n) is 14.9. The van der Waals surface area contributed by atoms with Gasteiger partial charge in [-0.3, -0.25) is 5.32 Å². The van der Waals surface area contributed by atoms with Crippen LogP contribution in [0.15, 0.2) is 48.5 Å². The Bertz CT molecular complexity index is 847. The summed E-state index contributed by atoms with van der Waals surface area (Å²) in [4.78, 5) is 24.0. The fourth-order valence-corrected chi connectivity index (χ4v) is 2.13. The van der Waals surface area contributed by atoms with E-state index in [0.717, 1.165) is 0 Å². The minimum absolute atomic E-state index is 0.00765. The van der Waals surface area contributed by atoms with Crippen molar-refractivity contribution in [3.05, 3.63) is 65.2 Å². The van der Waals surface area contributed by atoms with Crippen molar-refractivity contribution < 1.29 is 19.1 Å². The van der Waals surface area contributed by atoms with Crippen LogP contribution in [0.5, 0.6) is 0 Å². The topological polar surface area (TPSA) is 88.4 Å². The Hall–Kier alpha value is -3.33. The van der Waals surface area contributed by atoms with Gasteiger partial charge in [0, 0.05) is 11.3 Å². The molecule has 2 aromatic rings. The maximum Gasteiger partial charge on any atom is 0.412 e. The number of hydrogen-bond donors (Lipinski definition) is 1. The maximum absolute atomic E-state index is 12.2. The van der Waals surface area contributed by atoms with Gasteiger partial charge in [-0.1, -0.05) is 24.3 Å². The van der Waals surface area contributed by atoms with Gasteiger partial charge >= 0.3 is 12.1 Å². The number of benzene rings is 2. The molecule has 134 valence electrons. The Morgan fingerprint density at radius 2 is 1.85 bits per heavy atom. The minimum Gasteiger partial charge on any atom is -0.457 e. The van der Waals surface area contributed by atoms with Crippen LogP contribution < -0.4 is 5.32 Å². The number of nitrogens with one attached hydrogen (secondary N) is 1. The fraction of sp³-hybridized carbons (Fsp3) is 0.250. The van der Waals surface area contributed by atoms with Crippen LogP contribution in [0, 0.1) is 11.3 Å². The molecule has 0 bridgehead atoms. The monoisotopic (exact) mass is 352 g/mol. The van der Waals surface area contributed by atoms with Crippen LogP contribution in [0.2, 0.25) is 0 Å². The first-order valence-corrected chi connectivity index (χ1v) is 8.04. The largest absolute Gasteiger partial charge is 0.457 e. The summed E-state index contributed by atoms with van der Waals surface area (Å²) in [5, 5.41) is 11.6. The van der Waals surface area contributed by atoms with Crippen molar-refractivity contribution in [1.29, 1.82) is 5.26 Å². The first-order chi connectivity index (χ1) is 12.3. The number of esters is 1. The number of nitrogens with zero attached hydrogens (tertiary/aromatic N) is 1. The van der Waals surface area contributed by atoms with Crippen molar-refractivity contribution in [2.24, 2.45) is 0 Å². The number of anilines is 1. The smallest absolute Gasteiger partial charge is 0.412 e. The van der Waals surface area contributed by atoms with E-state index in [2.05, 4.69) is 11.4 Å². The number of rotatable bonds is 4. The van der Waals surface area contributed by atoms with Crippen molar-refractivity contribution in [3.8, 4) is 6.07 Å². The number of nitriles is 1. The highest BCUT2D eigenvalue weighted by atomic mass is 16.6. The van der Waals surface area contributed by atoms with Crippen LogP contribution in [0.3, 0.4) is 0 Å². The zero-order chi connectivity index (χ0) is 19.2. The van der Waals surface area contributed by atoms with E-state index in [4.69, 9.17) is 14.7 Å². The third-order valence-electron chi connectivity index (χ3n) is 3.24. The molecule has 26 heavy (non-hydrogen) atoms. The average Bonchev–Trinajstić information content (AvgIpc) is 2.58. The van der Waals surface area contributed by atoms with E-state index in [1.54, 1.807) is 63.2 Å². The van der Waals surface area contributed by atoms with Gasteiger partial charge in [0.2, 0.25) is 0 Å². The van der Waals surface area contributed by atoms with E-state index in [1.807, 2.05) is 0 Å². The molecule has 2 rings (SSSR count). The molecule has 6 nitrogen and oxygen atoms in total. The quantitative estimate of drug-likeness (QED) is 0.831. The van der Waals surface area contributed by atoms with Crippen molar-refractivity contribution in [2.75, 3.05) is 5.32 Å². The molecule has 2 aromatic carbocycles. The van der Waals surface area contributed by atoms with E-state index in [1.165, 1.54) is 6.07 Å². The Labute approximate surface area is 152 Å². The van der Waals surface area contributed by atoms with Gasteiger partial charge in [0.15, 0.2) is 0 Å². The van der Waals surface area contributed by atoms with Crippen LogP contribution in [0.25, 0.3) is 0 Å². The second kappa shape index (κ2) is 8.17. The number of carbonyl (C=O) groups is 2. The van der Waals surface area contributed by atoms with Crippen molar-refractivity contribution in [1.82, 2.24) is 0 Å². The lowest BCUT2D eigenvalue weighted by Crippen LogP contribution is -2.27. The van der Waals surface area contributed by atoms with Crippen LogP contribution in [0.1, 0.15) is 42.3 Å². The van der Waals surface area contributed by atoms with E-state index in [9.17, 15) is 9.59 Å². The molecule has 0 spiro atoms. The van der Waals surface area contributed by atoms with Gasteiger partial charge in [0.25, 0.3) is 0 Å². The minimum atomic E-state index is -0.616. The molecule has 0 atom stereocenters. The predicted octanol–water partition coefficient (Wildman–Crippen LogP) is 4.26. The molecule has 0 saturated carbocycles. The Kier molecular flexibility index (Phi) is 5.97. The van der Waals surface area contributed by atoms with Crippen LogP contribution in [-0.2, 0) is 16.1 Å². The summed E-state index contributed by atoms with van der Waals surface area (Å²) in [6.07, 6.45) is -0.606. The highest BCUT2D eigenvalue weighted by Gasteiger charge is 2.17. The molecule has 0 radical (unpaired) electrons. The Balaban J connectivity index is 2.02. The summed E-state index contributed by atoms with van der Waals surface area (Å²) in [5.74, 6) is -0.550. The van der Waals surface area contributed by atoms with Crippen LogP contribution in [0.4, 0.5) is 10.5 Å². The first kappa shape index (κ1) is 19.0. The summed E-state index contributed by atoms with van der Waals surface area (Å²) in [6.45, 7) is 5.28. The Morgan fingerprint density at radius 3 is 2.54 bits per heavy atom. The molecule has 0 aliphatic heterocycles. The first-order valence-electron chi connectivity index (χ1n) is 8.04. The third-order valence-corrected chi connectivity index (χ3v) is 3.24. The van der Waals surface area contributed by atoms with Gasteiger partial charge < -0.3 is 9.47 Å². The van der Waals surface area contributed by atoms with Gasteiger partial charge in [0.05, 0.1) is 17.2 Å². The van der Waals surface area contributed by atoms with Crippen molar-refractivity contribution in [3.63, 3.8) is 0 Å². The molecule has 1 amide bonds. The number of hydrogen-bond acceptors (Lipinski definition) is 5. The lowest BCUT2D eigenvalue weighted by atomic mass is 10.1. The molecular weight excluding hydrogens is 332 g/mol. The third kappa shape index (κ3) is 5.64. The summed E-state index contributed by atoms with van der Waals surface area (Å²) >= 11 is 0. The molecule has 0 saturated heterocycles. The fourth-order valence-electron chi connectivity index (χ4n) is 2.13. The zero-order valence-corrected chi connectivity index (χ0v) is 14.9. The second-order valence-corrected chi connectivity index (χ2v) is 6.55. The molecule has 0 unspecified atom stereocenters. The standard InChI is InChI=1S/C20H20N2O4/c1-20(2,3)26-19(24)22-17-10-6-9-14(11-17)18(23)25-13-16-8-5-4-7-15(16)12-21/h4-11H,13H2,1-3H3,(H,22,24). The van der Waals surface area contributed by atoms with Gasteiger partial charge in [-0.05, 0) is 45.0 Å². The van der Waals surface area contributed by atoms with Crippen molar-refractivity contribution in [2.45, 2.75) is 33.0 Å². The van der Waals surface area contributed by atoms with E-state index < -0.39 is 17.7 Å². The molecule has 0 aromatic heterocycles. The molecular formula is C20H20N2O4. The van der Waals surface area contributed by atoms with Gasteiger partial charge in [0.1, 0.15) is 12.2 Å². The SMILES string of the molecule is CC(C)(C)OC(=O)Nc1cccc(C(=O)OCc2ccccc2C#N)c1. The summed E-state index contributed by atoms with van der Waals surface area (Å²) in [6, 6.07) is 15.3. The highest BCUT2D eigenvalue weighted by Crippen LogP contribution is 2.16. The maximum atomic E-state index is 12.2. The van der Waals surface area contributed by atoms with Gasteiger partial charge in [-0.25, -0.2) is 9.59 Å². The molecule has 0 fully saturated rings.